The van der Waals surface area contributed by atoms with Gasteiger partial charge in [0.25, 0.3) is 0 Å². The van der Waals surface area contributed by atoms with Crippen LogP contribution in [0.15, 0.2) is 18.2 Å². The van der Waals surface area contributed by atoms with E-state index in [1.807, 2.05) is 0 Å². The average Bonchev–Trinajstić information content (AvgIpc) is 2.63. The van der Waals surface area contributed by atoms with Crippen LogP contribution in [0.25, 0.3) is 0 Å². The molecule has 1 unspecified atom stereocenters. The van der Waals surface area contributed by atoms with E-state index in [0.29, 0.717) is 29.2 Å². The van der Waals surface area contributed by atoms with Gasteiger partial charge in [0.05, 0.1) is 12.7 Å². The Hall–Kier alpha value is -0.770. The van der Waals surface area contributed by atoms with Crippen molar-refractivity contribution in [2.45, 2.75) is 50.2 Å². The van der Waals surface area contributed by atoms with Crippen molar-refractivity contribution < 1.29 is 14.9 Å². The fraction of sp³-hybridized carbons (Fsp3) is 0.600. The summed E-state index contributed by atoms with van der Waals surface area (Å²) in [6.45, 7) is 0. The molecule has 0 heterocycles. The van der Waals surface area contributed by atoms with Crippen LogP contribution in [-0.2, 0) is 0 Å². The summed E-state index contributed by atoms with van der Waals surface area (Å²) >= 11 is 5.99. The van der Waals surface area contributed by atoms with Crippen LogP contribution < -0.4 is 4.74 Å². The maximum absolute atomic E-state index is 10.7. The van der Waals surface area contributed by atoms with Gasteiger partial charge in [0, 0.05) is 10.6 Å². The summed E-state index contributed by atoms with van der Waals surface area (Å²) in [5.41, 5.74) is -0.506. The zero-order valence-electron chi connectivity index (χ0n) is 11.2. The minimum absolute atomic E-state index is 0.534. The molecule has 0 amide bonds. The number of ether oxygens (including phenoxy) is 1. The highest BCUT2D eigenvalue weighted by Gasteiger charge is 2.38. The minimum Gasteiger partial charge on any atom is -0.496 e. The van der Waals surface area contributed by atoms with Gasteiger partial charge in [-0.3, -0.25) is 0 Å². The lowest BCUT2D eigenvalue weighted by atomic mass is 9.84. The molecule has 2 N–H and O–H groups in total. The molecule has 1 fully saturated rings. The Morgan fingerprint density at radius 1 is 1.21 bits per heavy atom. The summed E-state index contributed by atoms with van der Waals surface area (Å²) in [6, 6.07) is 5.11. The van der Waals surface area contributed by atoms with Gasteiger partial charge in [0.2, 0.25) is 0 Å². The van der Waals surface area contributed by atoms with Crippen LogP contribution in [-0.4, -0.2) is 22.9 Å². The quantitative estimate of drug-likeness (QED) is 0.836. The van der Waals surface area contributed by atoms with Crippen LogP contribution in [0.3, 0.4) is 0 Å². The van der Waals surface area contributed by atoms with Crippen LogP contribution in [0.5, 0.6) is 5.75 Å². The number of halogens is 1. The number of methoxy groups -OCH3 is 1. The Bertz CT molecular complexity index is 425. The van der Waals surface area contributed by atoms with Crippen molar-refractivity contribution in [3.63, 3.8) is 0 Å². The third-order valence-electron chi connectivity index (χ3n) is 3.96. The molecule has 1 saturated carbocycles. The Balaban J connectivity index is 2.31. The SMILES string of the molecule is COc1ccc(Cl)cc1C(O)C1(O)CCCCCC1. The van der Waals surface area contributed by atoms with Crippen molar-refractivity contribution in [2.75, 3.05) is 7.11 Å². The van der Waals surface area contributed by atoms with Crippen molar-refractivity contribution >= 4 is 11.6 Å². The fourth-order valence-corrected chi connectivity index (χ4v) is 3.00. The first-order valence-electron chi connectivity index (χ1n) is 6.81. The molecule has 1 aromatic rings. The first-order valence-corrected chi connectivity index (χ1v) is 7.18. The van der Waals surface area contributed by atoms with Crippen molar-refractivity contribution in [1.29, 1.82) is 0 Å². The van der Waals surface area contributed by atoms with Gasteiger partial charge in [-0.2, -0.15) is 0 Å². The molecule has 106 valence electrons. The number of benzene rings is 1. The Morgan fingerprint density at radius 2 is 1.84 bits per heavy atom. The van der Waals surface area contributed by atoms with Gasteiger partial charge in [-0.05, 0) is 31.0 Å². The first-order chi connectivity index (χ1) is 9.07. The lowest BCUT2D eigenvalue weighted by Gasteiger charge is -2.33. The van der Waals surface area contributed by atoms with Crippen LogP contribution in [0.2, 0.25) is 5.02 Å². The number of aliphatic hydroxyl groups is 2. The minimum atomic E-state index is -1.07. The summed E-state index contributed by atoms with van der Waals surface area (Å²) in [7, 11) is 1.55. The first kappa shape index (κ1) is 14.6. The Morgan fingerprint density at radius 3 is 2.42 bits per heavy atom. The van der Waals surface area contributed by atoms with E-state index in [1.54, 1.807) is 25.3 Å². The fourth-order valence-electron chi connectivity index (χ4n) is 2.82. The van der Waals surface area contributed by atoms with Gasteiger partial charge >= 0.3 is 0 Å². The van der Waals surface area contributed by atoms with E-state index in [4.69, 9.17) is 16.3 Å². The second kappa shape index (κ2) is 6.12. The summed E-state index contributed by atoms with van der Waals surface area (Å²) in [5, 5.41) is 21.8. The molecular weight excluding hydrogens is 264 g/mol. The van der Waals surface area contributed by atoms with Gasteiger partial charge in [-0.15, -0.1) is 0 Å². The molecule has 1 aromatic carbocycles. The summed E-state index contributed by atoms with van der Waals surface area (Å²) < 4.78 is 5.26. The van der Waals surface area contributed by atoms with Crippen molar-refractivity contribution in [1.82, 2.24) is 0 Å². The highest BCUT2D eigenvalue weighted by atomic mass is 35.5. The maximum atomic E-state index is 10.7. The van der Waals surface area contributed by atoms with E-state index in [-0.39, 0.29) is 0 Å². The molecule has 0 radical (unpaired) electrons. The molecule has 0 aliphatic heterocycles. The molecule has 1 atom stereocenters. The number of hydrogen-bond acceptors (Lipinski definition) is 3. The van der Waals surface area contributed by atoms with Crippen molar-refractivity contribution in [2.24, 2.45) is 0 Å². The molecule has 0 saturated heterocycles. The molecule has 0 aromatic heterocycles. The Labute approximate surface area is 119 Å². The highest BCUT2D eigenvalue weighted by molar-refractivity contribution is 6.30. The Kier molecular flexibility index (Phi) is 4.71. The van der Waals surface area contributed by atoms with E-state index in [0.717, 1.165) is 25.7 Å². The predicted molar refractivity (Wildman–Crippen MR) is 75.6 cm³/mol. The van der Waals surface area contributed by atoms with E-state index >= 15 is 0 Å². The highest BCUT2D eigenvalue weighted by Crippen LogP contribution is 2.41. The average molecular weight is 285 g/mol. The lowest BCUT2D eigenvalue weighted by Crippen LogP contribution is -2.36. The topological polar surface area (TPSA) is 49.7 Å². The second-order valence-corrected chi connectivity index (χ2v) is 5.74. The maximum Gasteiger partial charge on any atom is 0.124 e. The predicted octanol–water partition coefficient (Wildman–Crippen LogP) is 3.47. The second-order valence-electron chi connectivity index (χ2n) is 5.31. The van der Waals surface area contributed by atoms with Gasteiger partial charge < -0.3 is 14.9 Å². The number of rotatable bonds is 3. The molecular formula is C15H21ClO3. The molecule has 0 spiro atoms. The molecule has 19 heavy (non-hydrogen) atoms. The van der Waals surface area contributed by atoms with E-state index in [1.165, 1.54) is 0 Å². The normalized spacial score (nSPS) is 20.6. The van der Waals surface area contributed by atoms with E-state index in [2.05, 4.69) is 0 Å². The summed E-state index contributed by atoms with van der Waals surface area (Å²) in [6.07, 6.45) is 4.38. The number of aliphatic hydroxyl groups excluding tert-OH is 1. The van der Waals surface area contributed by atoms with Crippen molar-refractivity contribution in [3.8, 4) is 5.75 Å². The monoisotopic (exact) mass is 284 g/mol. The zero-order valence-corrected chi connectivity index (χ0v) is 12.0. The number of hydrogen-bond donors (Lipinski definition) is 2. The molecule has 1 aliphatic carbocycles. The van der Waals surface area contributed by atoms with Gasteiger partial charge in [0.1, 0.15) is 11.9 Å². The molecule has 4 heteroatoms. The van der Waals surface area contributed by atoms with Gasteiger partial charge in [0.15, 0.2) is 0 Å². The molecule has 1 aliphatic rings. The van der Waals surface area contributed by atoms with Crippen LogP contribution in [0.1, 0.15) is 50.2 Å². The lowest BCUT2D eigenvalue weighted by molar-refractivity contribution is -0.0874. The van der Waals surface area contributed by atoms with Gasteiger partial charge in [-0.25, -0.2) is 0 Å². The summed E-state index contributed by atoms with van der Waals surface area (Å²) in [5.74, 6) is 0.564. The van der Waals surface area contributed by atoms with Crippen molar-refractivity contribution in [3.05, 3.63) is 28.8 Å². The van der Waals surface area contributed by atoms with Crippen LogP contribution >= 0.6 is 11.6 Å². The van der Waals surface area contributed by atoms with E-state index in [9.17, 15) is 10.2 Å². The van der Waals surface area contributed by atoms with Crippen LogP contribution in [0, 0.1) is 0 Å². The summed E-state index contributed by atoms with van der Waals surface area (Å²) in [4.78, 5) is 0. The standard InChI is InChI=1S/C15H21ClO3/c1-19-13-7-6-11(16)10-12(13)14(17)15(18)8-4-2-3-5-9-15/h6-7,10,14,17-18H,2-5,8-9H2,1H3. The molecule has 2 rings (SSSR count). The molecule has 0 bridgehead atoms. The zero-order chi connectivity index (χ0) is 13.9. The molecule has 3 nitrogen and oxygen atoms in total. The largest absolute Gasteiger partial charge is 0.496 e. The third kappa shape index (κ3) is 3.22. The smallest absolute Gasteiger partial charge is 0.124 e. The van der Waals surface area contributed by atoms with Gasteiger partial charge in [-0.1, -0.05) is 37.3 Å². The third-order valence-corrected chi connectivity index (χ3v) is 4.20. The van der Waals surface area contributed by atoms with E-state index < -0.39 is 11.7 Å². The van der Waals surface area contributed by atoms with Crippen LogP contribution in [0.4, 0.5) is 0 Å².